The van der Waals surface area contributed by atoms with E-state index in [0.29, 0.717) is 5.82 Å². The fourth-order valence-electron chi connectivity index (χ4n) is 2.68. The second-order valence-corrected chi connectivity index (χ2v) is 6.16. The Balaban J connectivity index is 1.76. The molecule has 5 nitrogen and oxygen atoms in total. The van der Waals surface area contributed by atoms with Gasteiger partial charge in [0.15, 0.2) is 5.82 Å². The highest BCUT2D eigenvalue weighted by atomic mass is 16.1. The Bertz CT molecular complexity index is 889. The van der Waals surface area contributed by atoms with Crippen molar-refractivity contribution in [2.45, 2.75) is 20.8 Å². The van der Waals surface area contributed by atoms with Crippen LogP contribution < -0.4 is 10.2 Å². The minimum absolute atomic E-state index is 0.272. The topological polar surface area (TPSA) is 58.1 Å². The Morgan fingerprint density at radius 3 is 2.38 bits per heavy atom. The number of aromatic nitrogens is 2. The van der Waals surface area contributed by atoms with Crippen molar-refractivity contribution in [3.8, 4) is 0 Å². The number of nitrogens with zero attached hydrogens (tertiary/aromatic N) is 3. The van der Waals surface area contributed by atoms with E-state index < -0.39 is 0 Å². The first kappa shape index (κ1) is 17.6. The molecule has 1 amide bonds. The molecule has 1 heterocycles. The predicted molar refractivity (Wildman–Crippen MR) is 105 cm³/mol. The van der Waals surface area contributed by atoms with Crippen molar-refractivity contribution in [3.05, 3.63) is 77.7 Å². The molecule has 0 saturated heterocycles. The number of benzene rings is 2. The minimum atomic E-state index is -0.272. The molecule has 132 valence electrons. The molecule has 0 spiro atoms. The fourth-order valence-corrected chi connectivity index (χ4v) is 2.68. The van der Waals surface area contributed by atoms with Gasteiger partial charge in [-0.15, -0.1) is 0 Å². The fraction of sp³-hybridized carbons (Fsp3) is 0.190. The second-order valence-electron chi connectivity index (χ2n) is 6.16. The highest BCUT2D eigenvalue weighted by molar-refractivity contribution is 6.02. The third-order valence-corrected chi connectivity index (χ3v) is 4.09. The molecule has 26 heavy (non-hydrogen) atoms. The van der Waals surface area contributed by atoms with Crippen molar-refractivity contribution in [3.63, 3.8) is 0 Å². The van der Waals surface area contributed by atoms with E-state index in [2.05, 4.69) is 46.2 Å². The van der Waals surface area contributed by atoms with Crippen LogP contribution in [0.4, 0.5) is 17.2 Å². The monoisotopic (exact) mass is 346 g/mol. The van der Waals surface area contributed by atoms with E-state index in [1.54, 1.807) is 6.20 Å². The number of aryl methyl sites for hydroxylation is 2. The average Bonchev–Trinajstić information content (AvgIpc) is 2.65. The van der Waals surface area contributed by atoms with Gasteiger partial charge in [0.1, 0.15) is 5.69 Å². The lowest BCUT2D eigenvalue weighted by Gasteiger charge is -2.22. The zero-order valence-electron chi connectivity index (χ0n) is 15.2. The van der Waals surface area contributed by atoms with Crippen molar-refractivity contribution < 1.29 is 4.79 Å². The summed E-state index contributed by atoms with van der Waals surface area (Å²) in [6, 6.07) is 15.8. The maximum absolute atomic E-state index is 12.3. The first-order valence-electron chi connectivity index (χ1n) is 8.61. The Labute approximate surface area is 153 Å². The maximum Gasteiger partial charge on any atom is 0.275 e. The van der Waals surface area contributed by atoms with E-state index in [-0.39, 0.29) is 11.6 Å². The lowest BCUT2D eigenvalue weighted by atomic mass is 10.2. The Morgan fingerprint density at radius 1 is 1.00 bits per heavy atom. The molecule has 1 aromatic heterocycles. The molecule has 0 radical (unpaired) electrons. The predicted octanol–water partition coefficient (Wildman–Crippen LogP) is 4.50. The van der Waals surface area contributed by atoms with Crippen LogP contribution in [-0.2, 0) is 0 Å². The summed E-state index contributed by atoms with van der Waals surface area (Å²) in [6.45, 7) is 6.88. The number of amides is 1. The lowest BCUT2D eigenvalue weighted by Crippen LogP contribution is -2.19. The molecule has 0 atom stereocenters. The summed E-state index contributed by atoms with van der Waals surface area (Å²) in [5.74, 6) is 0.441. The highest BCUT2D eigenvalue weighted by Gasteiger charge is 2.12. The third kappa shape index (κ3) is 4.06. The van der Waals surface area contributed by atoms with Crippen LogP contribution in [0.3, 0.4) is 0 Å². The summed E-state index contributed by atoms with van der Waals surface area (Å²) in [4.78, 5) is 23.1. The summed E-state index contributed by atoms with van der Waals surface area (Å²) in [5, 5.41) is 2.83. The standard InChI is InChI=1S/C21H22N4O/c1-4-25(18-7-5-6-16(3)12-18)20-14-22-19(13-23-20)21(26)24-17-10-8-15(2)9-11-17/h5-14H,4H2,1-3H3,(H,24,26). The van der Waals surface area contributed by atoms with Crippen LogP contribution >= 0.6 is 0 Å². The Hall–Kier alpha value is -3.21. The van der Waals surface area contributed by atoms with E-state index >= 15 is 0 Å². The number of rotatable bonds is 5. The molecule has 0 aliphatic rings. The maximum atomic E-state index is 12.3. The van der Waals surface area contributed by atoms with Crippen LogP contribution in [0.15, 0.2) is 60.9 Å². The molecule has 3 rings (SSSR count). The van der Waals surface area contributed by atoms with Crippen LogP contribution in [0.1, 0.15) is 28.5 Å². The molecule has 0 aliphatic carbocycles. The highest BCUT2D eigenvalue weighted by Crippen LogP contribution is 2.23. The molecule has 0 aliphatic heterocycles. The molecule has 2 aromatic carbocycles. The molecular formula is C21H22N4O. The van der Waals surface area contributed by atoms with Crippen molar-refractivity contribution in [1.82, 2.24) is 9.97 Å². The number of carbonyl (C=O) groups excluding carboxylic acids is 1. The van der Waals surface area contributed by atoms with E-state index in [1.807, 2.05) is 43.3 Å². The smallest absolute Gasteiger partial charge is 0.275 e. The molecule has 0 unspecified atom stereocenters. The largest absolute Gasteiger partial charge is 0.325 e. The minimum Gasteiger partial charge on any atom is -0.325 e. The zero-order valence-corrected chi connectivity index (χ0v) is 15.2. The van der Waals surface area contributed by atoms with Gasteiger partial charge in [-0.2, -0.15) is 0 Å². The zero-order chi connectivity index (χ0) is 18.5. The van der Waals surface area contributed by atoms with Gasteiger partial charge >= 0.3 is 0 Å². The Morgan fingerprint density at radius 2 is 1.77 bits per heavy atom. The van der Waals surface area contributed by atoms with Crippen LogP contribution in [0.5, 0.6) is 0 Å². The van der Waals surface area contributed by atoms with Gasteiger partial charge in [0.25, 0.3) is 5.91 Å². The van der Waals surface area contributed by atoms with Gasteiger partial charge in [-0.1, -0.05) is 29.8 Å². The van der Waals surface area contributed by atoms with Crippen molar-refractivity contribution in [1.29, 1.82) is 0 Å². The van der Waals surface area contributed by atoms with Gasteiger partial charge < -0.3 is 10.2 Å². The molecule has 1 N–H and O–H groups in total. The van der Waals surface area contributed by atoms with Gasteiger partial charge in [0, 0.05) is 17.9 Å². The average molecular weight is 346 g/mol. The number of anilines is 3. The summed E-state index contributed by atoms with van der Waals surface area (Å²) in [6.07, 6.45) is 3.15. The number of hydrogen-bond donors (Lipinski definition) is 1. The molecular weight excluding hydrogens is 324 g/mol. The van der Waals surface area contributed by atoms with Crippen molar-refractivity contribution >= 4 is 23.1 Å². The second kappa shape index (κ2) is 7.78. The quantitative estimate of drug-likeness (QED) is 0.739. The third-order valence-electron chi connectivity index (χ3n) is 4.09. The summed E-state index contributed by atoms with van der Waals surface area (Å²) < 4.78 is 0. The van der Waals surface area contributed by atoms with Crippen LogP contribution in [0.2, 0.25) is 0 Å². The van der Waals surface area contributed by atoms with Gasteiger partial charge in [0.2, 0.25) is 0 Å². The molecule has 0 fully saturated rings. The van der Waals surface area contributed by atoms with Crippen LogP contribution in [0.25, 0.3) is 0 Å². The summed E-state index contributed by atoms with van der Waals surface area (Å²) in [7, 11) is 0. The SMILES string of the molecule is CCN(c1cccc(C)c1)c1cnc(C(=O)Nc2ccc(C)cc2)cn1. The molecule has 0 saturated carbocycles. The van der Waals surface area contributed by atoms with Gasteiger partial charge in [-0.3, -0.25) is 4.79 Å². The van der Waals surface area contributed by atoms with E-state index in [9.17, 15) is 4.79 Å². The Kier molecular flexibility index (Phi) is 5.27. The number of carbonyl (C=O) groups is 1. The molecule has 3 aromatic rings. The van der Waals surface area contributed by atoms with E-state index in [4.69, 9.17) is 0 Å². The van der Waals surface area contributed by atoms with Crippen LogP contribution in [0, 0.1) is 13.8 Å². The molecule has 0 bridgehead atoms. The normalized spacial score (nSPS) is 10.4. The number of hydrogen-bond acceptors (Lipinski definition) is 4. The first-order chi connectivity index (χ1) is 12.6. The first-order valence-corrected chi connectivity index (χ1v) is 8.61. The summed E-state index contributed by atoms with van der Waals surface area (Å²) >= 11 is 0. The van der Waals surface area contributed by atoms with Crippen LogP contribution in [-0.4, -0.2) is 22.4 Å². The molecule has 5 heteroatoms. The lowest BCUT2D eigenvalue weighted by molar-refractivity contribution is 0.102. The van der Waals surface area contributed by atoms with Crippen molar-refractivity contribution in [2.75, 3.05) is 16.8 Å². The van der Waals surface area contributed by atoms with Gasteiger partial charge in [0.05, 0.1) is 12.4 Å². The van der Waals surface area contributed by atoms with E-state index in [0.717, 1.165) is 23.5 Å². The number of nitrogens with one attached hydrogen (secondary N) is 1. The van der Waals surface area contributed by atoms with Gasteiger partial charge in [-0.25, -0.2) is 9.97 Å². The van der Waals surface area contributed by atoms with Crippen molar-refractivity contribution in [2.24, 2.45) is 0 Å². The van der Waals surface area contributed by atoms with E-state index in [1.165, 1.54) is 11.8 Å². The summed E-state index contributed by atoms with van der Waals surface area (Å²) in [5.41, 5.74) is 4.40. The van der Waals surface area contributed by atoms with Gasteiger partial charge in [-0.05, 0) is 50.6 Å².